The second-order valence-electron chi connectivity index (χ2n) is 4.75. The molecule has 0 bridgehead atoms. The monoisotopic (exact) mass is 256 g/mol. The van der Waals surface area contributed by atoms with E-state index in [2.05, 4.69) is 42.8 Å². The Balaban J connectivity index is 1.81. The Kier molecular flexibility index (Phi) is 3.93. The third-order valence-corrected chi connectivity index (χ3v) is 5.70. The van der Waals surface area contributed by atoms with Crippen molar-refractivity contribution in [3.63, 3.8) is 0 Å². The molecule has 1 aromatic heterocycles. The lowest BCUT2D eigenvalue weighted by Gasteiger charge is -2.22. The molecular weight excluding hydrogens is 236 g/mol. The molecule has 0 saturated carbocycles. The van der Waals surface area contributed by atoms with Crippen LogP contribution in [0, 0.1) is 13.8 Å². The highest BCUT2D eigenvalue weighted by atomic mass is 32.2. The molecule has 1 aliphatic rings. The molecule has 0 aromatic carbocycles. The Hall–Kier alpha value is -0.0600. The predicted octanol–water partition coefficient (Wildman–Crippen LogP) is 3.14. The van der Waals surface area contributed by atoms with Gasteiger partial charge in [-0.15, -0.1) is 11.3 Å². The number of aromatic nitrogens is 1. The highest BCUT2D eigenvalue weighted by molar-refractivity contribution is 8.00. The van der Waals surface area contributed by atoms with E-state index < -0.39 is 0 Å². The van der Waals surface area contributed by atoms with Crippen LogP contribution in [0.2, 0.25) is 0 Å². The average Bonchev–Trinajstić information content (AvgIpc) is 2.75. The number of rotatable bonds is 4. The Morgan fingerprint density at radius 3 is 2.81 bits per heavy atom. The molecule has 0 radical (unpaired) electrons. The van der Waals surface area contributed by atoms with Gasteiger partial charge in [-0.3, -0.25) is 0 Å². The first-order valence-electron chi connectivity index (χ1n) is 5.87. The summed E-state index contributed by atoms with van der Waals surface area (Å²) in [5.41, 5.74) is 1.19. The molecule has 2 nitrogen and oxygen atoms in total. The number of nitrogens with zero attached hydrogens (tertiary/aromatic N) is 1. The maximum Gasteiger partial charge on any atom is 0.0900 e. The number of thioether (sulfide) groups is 1. The van der Waals surface area contributed by atoms with Crippen LogP contribution in [0.4, 0.5) is 0 Å². The van der Waals surface area contributed by atoms with Gasteiger partial charge in [0.15, 0.2) is 0 Å². The number of hydrogen-bond acceptors (Lipinski definition) is 4. The first-order valence-corrected chi connectivity index (χ1v) is 7.67. The van der Waals surface area contributed by atoms with Crippen LogP contribution in [0.25, 0.3) is 0 Å². The Bertz CT molecular complexity index is 354. The molecule has 0 aliphatic carbocycles. The van der Waals surface area contributed by atoms with Gasteiger partial charge in [-0.1, -0.05) is 0 Å². The smallest absolute Gasteiger partial charge is 0.0900 e. The maximum absolute atomic E-state index is 4.45. The first-order chi connectivity index (χ1) is 7.59. The largest absolute Gasteiger partial charge is 0.310 e. The van der Waals surface area contributed by atoms with E-state index in [0.717, 1.165) is 13.1 Å². The summed E-state index contributed by atoms with van der Waals surface area (Å²) >= 11 is 3.93. The predicted molar refractivity (Wildman–Crippen MR) is 73.4 cm³/mol. The number of nitrogens with one attached hydrogen (secondary N) is 1. The van der Waals surface area contributed by atoms with Crippen molar-refractivity contribution in [3.05, 3.63) is 15.6 Å². The Labute approximate surface area is 106 Å². The standard InChI is InChI=1S/C12H20N2S2/c1-9-11(16-10(2)14-9)7-13-8-12(3)5-4-6-15-12/h13H,4-8H2,1-3H3. The maximum atomic E-state index is 4.45. The third kappa shape index (κ3) is 2.99. The fourth-order valence-electron chi connectivity index (χ4n) is 2.15. The van der Waals surface area contributed by atoms with Crippen molar-refractivity contribution >= 4 is 23.1 Å². The van der Waals surface area contributed by atoms with Crippen molar-refractivity contribution in [1.82, 2.24) is 10.3 Å². The number of aryl methyl sites for hydroxylation is 2. The summed E-state index contributed by atoms with van der Waals surface area (Å²) in [4.78, 5) is 5.84. The number of hydrogen-bond donors (Lipinski definition) is 1. The van der Waals surface area contributed by atoms with Crippen LogP contribution in [0.15, 0.2) is 0 Å². The van der Waals surface area contributed by atoms with Crippen molar-refractivity contribution in [2.75, 3.05) is 12.3 Å². The van der Waals surface area contributed by atoms with Crippen LogP contribution in [-0.2, 0) is 6.54 Å². The molecule has 1 atom stereocenters. The molecule has 2 heterocycles. The zero-order valence-corrected chi connectivity index (χ0v) is 11.9. The highest BCUT2D eigenvalue weighted by Crippen LogP contribution is 2.37. The normalized spacial score (nSPS) is 25.2. The fourth-order valence-corrected chi connectivity index (χ4v) is 4.34. The second kappa shape index (κ2) is 5.07. The lowest BCUT2D eigenvalue weighted by atomic mass is 10.1. The van der Waals surface area contributed by atoms with Gasteiger partial charge in [0.1, 0.15) is 0 Å². The summed E-state index contributed by atoms with van der Waals surface area (Å²) in [6.07, 6.45) is 2.73. The van der Waals surface area contributed by atoms with Crippen molar-refractivity contribution in [2.24, 2.45) is 0 Å². The van der Waals surface area contributed by atoms with E-state index in [4.69, 9.17) is 0 Å². The minimum atomic E-state index is 0.466. The van der Waals surface area contributed by atoms with Crippen molar-refractivity contribution in [1.29, 1.82) is 0 Å². The summed E-state index contributed by atoms with van der Waals surface area (Å²) < 4.78 is 0.466. The summed E-state index contributed by atoms with van der Waals surface area (Å²) in [5.74, 6) is 1.33. The van der Waals surface area contributed by atoms with Gasteiger partial charge in [0, 0.05) is 22.7 Å². The van der Waals surface area contributed by atoms with Gasteiger partial charge in [-0.2, -0.15) is 11.8 Å². The van der Waals surface area contributed by atoms with E-state index in [0.29, 0.717) is 4.75 Å². The van der Waals surface area contributed by atoms with Gasteiger partial charge in [0.05, 0.1) is 10.7 Å². The molecule has 0 amide bonds. The molecule has 1 aromatic rings. The zero-order chi connectivity index (χ0) is 11.6. The van der Waals surface area contributed by atoms with Crippen LogP contribution in [0.1, 0.15) is 35.3 Å². The molecule has 1 N–H and O–H groups in total. The number of thiazole rings is 1. The minimum Gasteiger partial charge on any atom is -0.310 e. The zero-order valence-electron chi connectivity index (χ0n) is 10.3. The Morgan fingerprint density at radius 1 is 1.44 bits per heavy atom. The van der Waals surface area contributed by atoms with E-state index in [1.165, 1.54) is 34.2 Å². The van der Waals surface area contributed by atoms with Crippen LogP contribution < -0.4 is 5.32 Å². The lowest BCUT2D eigenvalue weighted by Crippen LogP contribution is -2.32. The van der Waals surface area contributed by atoms with Gasteiger partial charge < -0.3 is 5.32 Å². The van der Waals surface area contributed by atoms with Gasteiger partial charge in [0.2, 0.25) is 0 Å². The molecule has 1 aliphatic heterocycles. The van der Waals surface area contributed by atoms with E-state index in [9.17, 15) is 0 Å². The van der Waals surface area contributed by atoms with Crippen molar-refractivity contribution < 1.29 is 0 Å². The summed E-state index contributed by atoms with van der Waals surface area (Å²) in [7, 11) is 0. The summed E-state index contributed by atoms with van der Waals surface area (Å²) in [5, 5.41) is 4.76. The fraction of sp³-hybridized carbons (Fsp3) is 0.750. The molecule has 90 valence electrons. The Morgan fingerprint density at radius 2 is 2.25 bits per heavy atom. The minimum absolute atomic E-state index is 0.466. The van der Waals surface area contributed by atoms with Gasteiger partial charge in [-0.05, 0) is 39.4 Å². The lowest BCUT2D eigenvalue weighted by molar-refractivity contribution is 0.538. The SMILES string of the molecule is Cc1nc(C)c(CNCC2(C)CCCS2)s1. The molecule has 2 rings (SSSR count). The quantitative estimate of drug-likeness (QED) is 0.896. The van der Waals surface area contributed by atoms with Crippen molar-refractivity contribution in [2.45, 2.75) is 44.9 Å². The van der Waals surface area contributed by atoms with Crippen LogP contribution in [0.3, 0.4) is 0 Å². The van der Waals surface area contributed by atoms with Gasteiger partial charge >= 0.3 is 0 Å². The van der Waals surface area contributed by atoms with E-state index in [1.54, 1.807) is 0 Å². The van der Waals surface area contributed by atoms with Gasteiger partial charge in [0.25, 0.3) is 0 Å². The van der Waals surface area contributed by atoms with Crippen LogP contribution in [0.5, 0.6) is 0 Å². The summed E-state index contributed by atoms with van der Waals surface area (Å²) in [6, 6.07) is 0. The van der Waals surface area contributed by atoms with Gasteiger partial charge in [-0.25, -0.2) is 4.98 Å². The first kappa shape index (κ1) is 12.4. The van der Waals surface area contributed by atoms with E-state index in [1.807, 2.05) is 11.3 Å². The molecule has 1 unspecified atom stereocenters. The van der Waals surface area contributed by atoms with Crippen molar-refractivity contribution in [3.8, 4) is 0 Å². The van der Waals surface area contributed by atoms with E-state index >= 15 is 0 Å². The molecule has 1 fully saturated rings. The third-order valence-electron chi connectivity index (χ3n) is 3.08. The van der Waals surface area contributed by atoms with E-state index in [-0.39, 0.29) is 0 Å². The summed E-state index contributed by atoms with van der Waals surface area (Å²) in [6.45, 7) is 8.66. The molecule has 16 heavy (non-hydrogen) atoms. The molecule has 1 saturated heterocycles. The van der Waals surface area contributed by atoms with Crippen LogP contribution in [-0.4, -0.2) is 22.0 Å². The van der Waals surface area contributed by atoms with Crippen LogP contribution >= 0.6 is 23.1 Å². The highest BCUT2D eigenvalue weighted by Gasteiger charge is 2.28. The topological polar surface area (TPSA) is 24.9 Å². The molecule has 4 heteroatoms. The molecular formula is C12H20N2S2. The molecule has 0 spiro atoms. The average molecular weight is 256 g/mol. The second-order valence-corrected chi connectivity index (χ2v) is 7.72.